The predicted molar refractivity (Wildman–Crippen MR) is 80.1 cm³/mol. The molecule has 1 aliphatic rings. The number of amides is 1. The molecule has 0 bridgehead atoms. The van der Waals surface area contributed by atoms with Crippen LogP contribution in [0.2, 0.25) is 5.02 Å². The fourth-order valence-electron chi connectivity index (χ4n) is 2.43. The third-order valence-electron chi connectivity index (χ3n) is 3.26. The first-order valence-corrected chi connectivity index (χ1v) is 7.95. The molecule has 1 saturated heterocycles. The summed E-state index contributed by atoms with van der Waals surface area (Å²) in [6, 6.07) is 7.63. The Morgan fingerprint density at radius 2 is 2.20 bits per heavy atom. The third-order valence-corrected chi connectivity index (χ3v) is 4.39. The zero-order chi connectivity index (χ0) is 14.5. The lowest BCUT2D eigenvalue weighted by Gasteiger charge is -2.25. The molecule has 0 saturated carbocycles. The molecule has 0 spiro atoms. The molecule has 4 nitrogen and oxygen atoms in total. The first kappa shape index (κ1) is 15.2. The minimum atomic E-state index is -0.893. The van der Waals surface area contributed by atoms with Crippen LogP contribution in [0, 0.1) is 0 Å². The topological polar surface area (TPSA) is 57.6 Å². The maximum absolute atomic E-state index is 12.2. The molecular formula is C14H16ClNO3S. The highest BCUT2D eigenvalue weighted by atomic mass is 35.5. The van der Waals surface area contributed by atoms with E-state index in [4.69, 9.17) is 16.7 Å². The average molecular weight is 314 g/mol. The van der Waals surface area contributed by atoms with Gasteiger partial charge in [-0.05, 0) is 30.5 Å². The summed E-state index contributed by atoms with van der Waals surface area (Å²) in [5.41, 5.74) is 1.05. The molecule has 6 heteroatoms. The number of carbonyl (C=O) groups excluding carboxylic acids is 1. The molecular weight excluding hydrogens is 298 g/mol. The Hall–Kier alpha value is -1.20. The van der Waals surface area contributed by atoms with Crippen LogP contribution in [0.1, 0.15) is 24.4 Å². The second kappa shape index (κ2) is 6.99. The monoisotopic (exact) mass is 313 g/mol. The molecule has 1 amide bonds. The summed E-state index contributed by atoms with van der Waals surface area (Å²) in [6.07, 6.45) is 1.89. The number of hydrogen-bond donors (Lipinski definition) is 1. The van der Waals surface area contributed by atoms with Crippen molar-refractivity contribution in [2.24, 2.45) is 0 Å². The van der Waals surface area contributed by atoms with Gasteiger partial charge >= 0.3 is 5.97 Å². The lowest BCUT2D eigenvalue weighted by molar-refractivity contribution is -0.133. The number of halogens is 1. The van der Waals surface area contributed by atoms with Gasteiger partial charge < -0.3 is 10.0 Å². The molecule has 0 radical (unpaired) electrons. The summed E-state index contributed by atoms with van der Waals surface area (Å²) in [7, 11) is 0. The number of carboxylic acids is 1. The molecule has 108 valence electrons. The maximum Gasteiger partial charge on any atom is 0.313 e. The Kier molecular flexibility index (Phi) is 5.31. The van der Waals surface area contributed by atoms with Crippen LogP contribution >= 0.6 is 23.4 Å². The second-order valence-electron chi connectivity index (χ2n) is 4.69. The number of rotatable bonds is 5. The fourth-order valence-corrected chi connectivity index (χ4v) is 3.25. The minimum Gasteiger partial charge on any atom is -0.481 e. The minimum absolute atomic E-state index is 0.00118. The number of likely N-dealkylation sites (tertiary alicyclic amines) is 1. The van der Waals surface area contributed by atoms with Gasteiger partial charge in [-0.25, -0.2) is 0 Å². The Balaban J connectivity index is 2.00. The zero-order valence-electron chi connectivity index (χ0n) is 10.9. The van der Waals surface area contributed by atoms with E-state index >= 15 is 0 Å². The van der Waals surface area contributed by atoms with Crippen LogP contribution in [0.4, 0.5) is 0 Å². The largest absolute Gasteiger partial charge is 0.481 e. The Bertz CT molecular complexity index is 509. The molecule has 1 unspecified atom stereocenters. The zero-order valence-corrected chi connectivity index (χ0v) is 12.5. The van der Waals surface area contributed by atoms with Gasteiger partial charge in [0.2, 0.25) is 5.91 Å². The van der Waals surface area contributed by atoms with Crippen molar-refractivity contribution < 1.29 is 14.7 Å². The van der Waals surface area contributed by atoms with Crippen LogP contribution in [0.3, 0.4) is 0 Å². The Morgan fingerprint density at radius 1 is 1.40 bits per heavy atom. The number of benzene rings is 1. The SMILES string of the molecule is O=C(O)CSCC(=O)N1CCCC1c1cccc(Cl)c1. The van der Waals surface area contributed by atoms with Crippen molar-refractivity contribution in [3.05, 3.63) is 34.9 Å². The normalized spacial score (nSPS) is 18.2. The Morgan fingerprint density at radius 3 is 2.90 bits per heavy atom. The van der Waals surface area contributed by atoms with Crippen molar-refractivity contribution in [1.82, 2.24) is 4.90 Å². The van der Waals surface area contributed by atoms with E-state index in [1.54, 1.807) is 0 Å². The molecule has 1 heterocycles. The lowest BCUT2D eigenvalue weighted by atomic mass is 10.0. The standard InChI is InChI=1S/C14H16ClNO3S/c15-11-4-1-3-10(7-11)12-5-2-6-16(12)13(17)8-20-9-14(18)19/h1,3-4,7,12H,2,5-6,8-9H2,(H,18,19). The maximum atomic E-state index is 12.2. The molecule has 2 rings (SSSR count). The number of nitrogens with zero attached hydrogens (tertiary/aromatic N) is 1. The van der Waals surface area contributed by atoms with Crippen LogP contribution in [0.15, 0.2) is 24.3 Å². The smallest absolute Gasteiger partial charge is 0.313 e. The summed E-state index contributed by atoms with van der Waals surface area (Å²) in [5, 5.41) is 9.26. The van der Waals surface area contributed by atoms with E-state index in [2.05, 4.69) is 0 Å². The van der Waals surface area contributed by atoms with Crippen LogP contribution in [-0.4, -0.2) is 39.9 Å². The van der Waals surface area contributed by atoms with Gasteiger partial charge in [-0.2, -0.15) is 0 Å². The van der Waals surface area contributed by atoms with Gasteiger partial charge in [0.25, 0.3) is 0 Å². The third kappa shape index (κ3) is 3.90. The molecule has 0 aliphatic carbocycles. The van der Waals surface area contributed by atoms with Gasteiger partial charge in [-0.3, -0.25) is 9.59 Å². The van der Waals surface area contributed by atoms with Crippen molar-refractivity contribution in [3.8, 4) is 0 Å². The molecule has 0 aromatic heterocycles. The van der Waals surface area contributed by atoms with Crippen LogP contribution in [0.5, 0.6) is 0 Å². The summed E-state index contributed by atoms with van der Waals surface area (Å²) in [4.78, 5) is 24.5. The van der Waals surface area contributed by atoms with Crippen molar-refractivity contribution in [2.75, 3.05) is 18.1 Å². The number of carbonyl (C=O) groups is 2. The quantitative estimate of drug-likeness (QED) is 0.908. The summed E-state index contributed by atoms with van der Waals surface area (Å²) in [6.45, 7) is 0.726. The van der Waals surface area contributed by atoms with Gasteiger partial charge in [-0.1, -0.05) is 23.7 Å². The highest BCUT2D eigenvalue weighted by molar-refractivity contribution is 8.00. The average Bonchev–Trinajstić information content (AvgIpc) is 2.87. The van der Waals surface area contributed by atoms with Gasteiger partial charge in [-0.15, -0.1) is 11.8 Å². The number of thioether (sulfide) groups is 1. The summed E-state index contributed by atoms with van der Waals surface area (Å²) >= 11 is 7.14. The fraction of sp³-hybridized carbons (Fsp3) is 0.429. The highest BCUT2D eigenvalue weighted by Crippen LogP contribution is 2.33. The number of hydrogen-bond acceptors (Lipinski definition) is 3. The van der Waals surface area contributed by atoms with Gasteiger partial charge in [0.1, 0.15) is 0 Å². The van der Waals surface area contributed by atoms with E-state index in [1.165, 1.54) is 0 Å². The highest BCUT2D eigenvalue weighted by Gasteiger charge is 2.29. The Labute approximate surface area is 127 Å². The van der Waals surface area contributed by atoms with Crippen LogP contribution in [0.25, 0.3) is 0 Å². The summed E-state index contributed by atoms with van der Waals surface area (Å²) in [5.74, 6) is -0.723. The van der Waals surface area contributed by atoms with Gasteiger partial charge in [0, 0.05) is 11.6 Å². The molecule has 1 fully saturated rings. The molecule has 20 heavy (non-hydrogen) atoms. The van der Waals surface area contributed by atoms with E-state index in [-0.39, 0.29) is 23.5 Å². The molecule has 1 atom stereocenters. The number of carboxylic acid groups (broad SMARTS) is 1. The van der Waals surface area contributed by atoms with E-state index in [0.717, 1.165) is 36.7 Å². The summed E-state index contributed by atoms with van der Waals surface area (Å²) < 4.78 is 0. The number of aliphatic carboxylic acids is 1. The second-order valence-corrected chi connectivity index (χ2v) is 6.11. The molecule has 1 aromatic rings. The molecule has 1 N–H and O–H groups in total. The van der Waals surface area contributed by atoms with Crippen LogP contribution in [-0.2, 0) is 9.59 Å². The lowest BCUT2D eigenvalue weighted by Crippen LogP contribution is -2.32. The van der Waals surface area contributed by atoms with E-state index in [9.17, 15) is 9.59 Å². The first-order chi connectivity index (χ1) is 9.58. The van der Waals surface area contributed by atoms with E-state index in [1.807, 2.05) is 29.2 Å². The van der Waals surface area contributed by atoms with E-state index < -0.39 is 5.97 Å². The van der Waals surface area contributed by atoms with E-state index in [0.29, 0.717) is 5.02 Å². The first-order valence-electron chi connectivity index (χ1n) is 6.42. The van der Waals surface area contributed by atoms with Crippen molar-refractivity contribution >= 4 is 35.2 Å². The van der Waals surface area contributed by atoms with Gasteiger partial charge in [0.05, 0.1) is 17.5 Å². The van der Waals surface area contributed by atoms with Gasteiger partial charge in [0.15, 0.2) is 0 Å². The van der Waals surface area contributed by atoms with Crippen molar-refractivity contribution in [3.63, 3.8) is 0 Å². The van der Waals surface area contributed by atoms with Crippen molar-refractivity contribution in [1.29, 1.82) is 0 Å². The van der Waals surface area contributed by atoms with Crippen molar-refractivity contribution in [2.45, 2.75) is 18.9 Å². The molecule has 1 aromatic carbocycles. The van der Waals surface area contributed by atoms with Crippen LogP contribution < -0.4 is 0 Å². The molecule has 1 aliphatic heterocycles. The predicted octanol–water partition coefficient (Wildman–Crippen LogP) is 2.82.